The average molecular weight is 432 g/mol. The first-order chi connectivity index (χ1) is 14.6. The third-order valence-electron chi connectivity index (χ3n) is 6.33. The van der Waals surface area contributed by atoms with Crippen molar-refractivity contribution in [2.45, 2.75) is 70.4 Å². The molecule has 1 atom stereocenters. The molecule has 0 spiro atoms. The lowest BCUT2D eigenvalue weighted by molar-refractivity contribution is -0.134. The molecule has 2 saturated heterocycles. The Kier molecular flexibility index (Phi) is 5.66. The summed E-state index contributed by atoms with van der Waals surface area (Å²) in [5.41, 5.74) is 2.02. The fraction of sp³-hybridized carbons (Fsp3) is 0.609. The van der Waals surface area contributed by atoms with Crippen LogP contribution in [0.25, 0.3) is 0 Å². The lowest BCUT2D eigenvalue weighted by atomic mass is 9.85. The highest BCUT2D eigenvalue weighted by Gasteiger charge is 2.38. The first-order valence-electron chi connectivity index (χ1n) is 11.0. The predicted molar refractivity (Wildman–Crippen MR) is 113 cm³/mol. The van der Waals surface area contributed by atoms with Gasteiger partial charge in [0.2, 0.25) is 11.8 Å². The Labute approximate surface area is 181 Å². The van der Waals surface area contributed by atoms with Crippen LogP contribution in [0.4, 0.5) is 14.9 Å². The number of amides is 3. The number of likely N-dealkylation sites (tertiary alicyclic amines) is 1. The molecule has 31 heavy (non-hydrogen) atoms. The summed E-state index contributed by atoms with van der Waals surface area (Å²) < 4.78 is 20.4. The molecule has 1 N–H and O–H groups in total. The molecular weight excluding hydrogens is 401 g/mol. The van der Waals surface area contributed by atoms with Crippen molar-refractivity contribution in [2.24, 2.45) is 0 Å². The van der Waals surface area contributed by atoms with Crippen molar-refractivity contribution in [3.63, 3.8) is 0 Å². The number of carbonyl (C=O) groups is 3. The van der Waals surface area contributed by atoms with Gasteiger partial charge < -0.3 is 14.5 Å². The number of carbonyl (C=O) groups excluding carboxylic acids is 3. The number of ether oxygens (including phenoxy) is 1. The molecule has 0 saturated carbocycles. The molecule has 3 aliphatic heterocycles. The van der Waals surface area contributed by atoms with Crippen molar-refractivity contribution in [2.75, 3.05) is 24.5 Å². The van der Waals surface area contributed by atoms with Crippen LogP contribution in [0.3, 0.4) is 0 Å². The molecule has 168 valence electrons. The van der Waals surface area contributed by atoms with Gasteiger partial charge in [0.1, 0.15) is 17.5 Å². The normalized spacial score (nSPS) is 22.4. The standard InChI is InChI=1S/C23H30FN3O4/c1-23(2,3)31-22(30)26-11-8-14(9-12-26)20-15-10-13-27(17(15)5-4-16(20)24)18-6-7-19(28)25-21(18)29/h4-5,14,18H,6-13H2,1-3H3,(H,25,28,29)/t18-/m1/s1. The van der Waals surface area contributed by atoms with E-state index in [9.17, 15) is 18.8 Å². The summed E-state index contributed by atoms with van der Waals surface area (Å²) in [6.07, 6.45) is 2.49. The van der Waals surface area contributed by atoms with E-state index in [1.54, 1.807) is 11.0 Å². The van der Waals surface area contributed by atoms with Gasteiger partial charge in [0, 0.05) is 31.7 Å². The largest absolute Gasteiger partial charge is 0.444 e. The third kappa shape index (κ3) is 4.38. The van der Waals surface area contributed by atoms with E-state index in [0.29, 0.717) is 51.7 Å². The van der Waals surface area contributed by atoms with Gasteiger partial charge in [0.05, 0.1) is 0 Å². The van der Waals surface area contributed by atoms with Crippen LogP contribution in [0.1, 0.15) is 63.5 Å². The average Bonchev–Trinajstić information content (AvgIpc) is 3.10. The quantitative estimate of drug-likeness (QED) is 0.728. The van der Waals surface area contributed by atoms with Crippen molar-refractivity contribution in [3.8, 4) is 0 Å². The van der Waals surface area contributed by atoms with Crippen LogP contribution in [-0.2, 0) is 20.7 Å². The summed E-state index contributed by atoms with van der Waals surface area (Å²) in [5, 5.41) is 2.41. The minimum Gasteiger partial charge on any atom is -0.444 e. The number of hydrogen-bond donors (Lipinski definition) is 1. The Hall–Kier alpha value is -2.64. The van der Waals surface area contributed by atoms with Crippen LogP contribution in [0.2, 0.25) is 0 Å². The monoisotopic (exact) mass is 431 g/mol. The van der Waals surface area contributed by atoms with Crippen molar-refractivity contribution >= 4 is 23.6 Å². The van der Waals surface area contributed by atoms with Crippen molar-refractivity contribution < 1.29 is 23.5 Å². The minimum absolute atomic E-state index is 0.0235. The van der Waals surface area contributed by atoms with Crippen LogP contribution in [0.5, 0.6) is 0 Å². The van der Waals surface area contributed by atoms with Gasteiger partial charge in [-0.05, 0) is 75.6 Å². The second-order valence-corrected chi connectivity index (χ2v) is 9.61. The molecule has 1 aromatic rings. The molecule has 3 amide bonds. The van der Waals surface area contributed by atoms with Gasteiger partial charge in [-0.15, -0.1) is 0 Å². The van der Waals surface area contributed by atoms with E-state index in [0.717, 1.165) is 16.8 Å². The summed E-state index contributed by atoms with van der Waals surface area (Å²) in [7, 11) is 0. The Morgan fingerprint density at radius 2 is 1.81 bits per heavy atom. The number of piperidine rings is 2. The summed E-state index contributed by atoms with van der Waals surface area (Å²) in [4.78, 5) is 39.9. The Morgan fingerprint density at radius 3 is 2.45 bits per heavy atom. The highest BCUT2D eigenvalue weighted by atomic mass is 19.1. The fourth-order valence-electron chi connectivity index (χ4n) is 4.93. The van der Waals surface area contributed by atoms with E-state index in [2.05, 4.69) is 5.32 Å². The molecular formula is C23H30FN3O4. The summed E-state index contributed by atoms with van der Waals surface area (Å²) in [6.45, 7) is 7.21. The lowest BCUT2D eigenvalue weighted by Crippen LogP contribution is -2.52. The zero-order chi connectivity index (χ0) is 22.3. The molecule has 8 heteroatoms. The number of nitrogens with one attached hydrogen (secondary N) is 1. The number of imide groups is 1. The molecule has 0 aliphatic carbocycles. The van der Waals surface area contributed by atoms with Crippen LogP contribution < -0.4 is 10.2 Å². The second kappa shape index (κ2) is 8.13. The maximum Gasteiger partial charge on any atom is 0.410 e. The summed E-state index contributed by atoms with van der Waals surface area (Å²) >= 11 is 0. The maximum atomic E-state index is 15.0. The van der Waals surface area contributed by atoms with Gasteiger partial charge in [0.25, 0.3) is 0 Å². The highest BCUT2D eigenvalue weighted by Crippen LogP contribution is 2.41. The Bertz CT molecular complexity index is 903. The first kappa shape index (κ1) is 21.6. The Balaban J connectivity index is 1.50. The zero-order valence-electron chi connectivity index (χ0n) is 18.4. The van der Waals surface area contributed by atoms with Crippen molar-refractivity contribution in [3.05, 3.63) is 29.1 Å². The van der Waals surface area contributed by atoms with Gasteiger partial charge in [-0.25, -0.2) is 9.18 Å². The topological polar surface area (TPSA) is 79.0 Å². The van der Waals surface area contributed by atoms with Gasteiger partial charge in [0.15, 0.2) is 0 Å². The molecule has 0 unspecified atom stereocenters. The van der Waals surface area contributed by atoms with Gasteiger partial charge in [-0.1, -0.05) is 0 Å². The molecule has 0 bridgehead atoms. The van der Waals surface area contributed by atoms with Gasteiger partial charge in [-0.2, -0.15) is 0 Å². The maximum absolute atomic E-state index is 15.0. The summed E-state index contributed by atoms with van der Waals surface area (Å²) in [5.74, 6) is -0.715. The number of fused-ring (bicyclic) bond motifs is 1. The summed E-state index contributed by atoms with van der Waals surface area (Å²) in [6, 6.07) is 2.84. The molecule has 3 aliphatic rings. The van der Waals surface area contributed by atoms with Gasteiger partial charge >= 0.3 is 6.09 Å². The second-order valence-electron chi connectivity index (χ2n) is 9.61. The van der Waals surface area contributed by atoms with E-state index < -0.39 is 11.6 Å². The number of rotatable bonds is 2. The van der Waals surface area contributed by atoms with E-state index in [1.165, 1.54) is 6.07 Å². The minimum atomic E-state index is -0.542. The van der Waals surface area contributed by atoms with Crippen LogP contribution in [-0.4, -0.2) is 54.1 Å². The fourth-order valence-corrected chi connectivity index (χ4v) is 4.93. The molecule has 4 rings (SSSR count). The molecule has 2 fully saturated rings. The van der Waals surface area contributed by atoms with Gasteiger partial charge in [-0.3, -0.25) is 14.9 Å². The molecule has 1 aromatic carbocycles. The van der Waals surface area contributed by atoms with Crippen LogP contribution in [0, 0.1) is 5.82 Å². The number of anilines is 1. The van der Waals surface area contributed by atoms with Crippen LogP contribution in [0.15, 0.2) is 12.1 Å². The Morgan fingerprint density at radius 1 is 1.10 bits per heavy atom. The zero-order valence-corrected chi connectivity index (χ0v) is 18.4. The number of benzene rings is 1. The molecule has 0 radical (unpaired) electrons. The number of hydrogen-bond acceptors (Lipinski definition) is 5. The van der Waals surface area contributed by atoms with E-state index >= 15 is 0 Å². The smallest absolute Gasteiger partial charge is 0.410 e. The lowest BCUT2D eigenvalue weighted by Gasteiger charge is -2.35. The third-order valence-corrected chi connectivity index (χ3v) is 6.33. The van der Waals surface area contributed by atoms with Crippen LogP contribution >= 0.6 is 0 Å². The molecule has 3 heterocycles. The van der Waals surface area contributed by atoms with Crippen molar-refractivity contribution in [1.29, 1.82) is 0 Å². The molecule has 0 aromatic heterocycles. The highest BCUT2D eigenvalue weighted by molar-refractivity contribution is 6.02. The first-order valence-corrected chi connectivity index (χ1v) is 11.0. The SMILES string of the molecule is CC(C)(C)OC(=O)N1CCC(c2c(F)ccc3c2CCN3[C@@H]2CCC(=O)NC2=O)CC1. The number of halogens is 1. The van der Waals surface area contributed by atoms with Crippen molar-refractivity contribution in [1.82, 2.24) is 10.2 Å². The predicted octanol–water partition coefficient (Wildman–Crippen LogP) is 3.11. The van der Waals surface area contributed by atoms with E-state index in [1.807, 2.05) is 25.7 Å². The molecule has 7 nitrogen and oxygen atoms in total. The number of nitrogens with zero attached hydrogens (tertiary/aromatic N) is 2. The van der Waals surface area contributed by atoms with E-state index in [-0.39, 0.29) is 29.6 Å². The van der Waals surface area contributed by atoms with E-state index in [4.69, 9.17) is 4.74 Å².